The summed E-state index contributed by atoms with van der Waals surface area (Å²) in [4.78, 5) is 39.4. The van der Waals surface area contributed by atoms with E-state index in [1.54, 1.807) is 37.3 Å². The number of imide groups is 2. The molecule has 0 aliphatic carbocycles. The molecule has 1 aliphatic rings. The summed E-state index contributed by atoms with van der Waals surface area (Å²) >= 11 is 4.39. The van der Waals surface area contributed by atoms with E-state index in [0.717, 1.165) is 23.2 Å². The largest absolute Gasteiger partial charge is 0.490 e. The van der Waals surface area contributed by atoms with Gasteiger partial charge in [-0.25, -0.2) is 9.69 Å². The van der Waals surface area contributed by atoms with E-state index in [0.29, 0.717) is 36.0 Å². The average Bonchev–Trinajstić information content (AvgIpc) is 2.83. The molecule has 3 aromatic rings. The van der Waals surface area contributed by atoms with E-state index in [-0.39, 0.29) is 5.57 Å². The number of halogens is 2. The van der Waals surface area contributed by atoms with Crippen LogP contribution in [-0.4, -0.2) is 24.5 Å². The normalized spacial score (nSPS) is 14.7. The first-order valence-corrected chi connectivity index (χ1v) is 13.2. The number of amides is 4. The Labute approximate surface area is 236 Å². The molecule has 3 aromatic carbocycles. The van der Waals surface area contributed by atoms with Crippen molar-refractivity contribution >= 4 is 74.8 Å². The molecule has 1 N–H and O–H groups in total. The summed E-state index contributed by atoms with van der Waals surface area (Å²) in [5, 5.41) is 2.26. The van der Waals surface area contributed by atoms with Gasteiger partial charge in [0.2, 0.25) is 0 Å². The minimum absolute atomic E-state index is 0.149. The van der Waals surface area contributed by atoms with Gasteiger partial charge in [-0.15, -0.1) is 0 Å². The Bertz CT molecular complexity index is 1370. The third kappa shape index (κ3) is 5.72. The van der Waals surface area contributed by atoms with Crippen LogP contribution in [0.5, 0.6) is 11.5 Å². The molecular weight excluding hydrogens is 686 g/mol. The summed E-state index contributed by atoms with van der Waals surface area (Å²) < 4.78 is 13.8. The number of rotatable bonds is 7. The predicted molar refractivity (Wildman–Crippen MR) is 154 cm³/mol. The molecule has 0 spiro atoms. The number of carbonyl (C=O) groups excluding carboxylic acids is 3. The van der Waals surface area contributed by atoms with Crippen molar-refractivity contribution in [1.29, 1.82) is 0 Å². The van der Waals surface area contributed by atoms with E-state index < -0.39 is 17.8 Å². The topological polar surface area (TPSA) is 84.9 Å². The van der Waals surface area contributed by atoms with Gasteiger partial charge in [-0.3, -0.25) is 14.9 Å². The monoisotopic (exact) mass is 708 g/mol. The lowest BCUT2D eigenvalue weighted by Gasteiger charge is -2.27. The van der Waals surface area contributed by atoms with Crippen LogP contribution in [0.25, 0.3) is 6.08 Å². The first kappa shape index (κ1) is 26.1. The van der Waals surface area contributed by atoms with E-state index in [2.05, 4.69) is 50.5 Å². The molecule has 0 aromatic heterocycles. The number of benzene rings is 3. The maximum Gasteiger partial charge on any atom is 0.335 e. The number of para-hydroxylation sites is 1. The summed E-state index contributed by atoms with van der Waals surface area (Å²) in [5.74, 6) is -0.363. The van der Waals surface area contributed by atoms with Crippen LogP contribution in [0.2, 0.25) is 0 Å². The second-order valence-corrected chi connectivity index (χ2v) is 10.3. The number of nitrogens with one attached hydrogen (secondary N) is 1. The highest BCUT2D eigenvalue weighted by atomic mass is 127. The van der Waals surface area contributed by atoms with Crippen molar-refractivity contribution in [2.24, 2.45) is 0 Å². The van der Waals surface area contributed by atoms with Crippen molar-refractivity contribution in [3.8, 4) is 11.5 Å². The van der Waals surface area contributed by atoms with Crippen molar-refractivity contribution in [1.82, 2.24) is 5.32 Å². The predicted octanol–water partition coefficient (Wildman–Crippen LogP) is 5.85. The number of hydrogen-bond acceptors (Lipinski definition) is 5. The maximum atomic E-state index is 13.3. The molecule has 4 amide bonds. The molecule has 4 rings (SSSR count). The average molecular weight is 708 g/mol. The van der Waals surface area contributed by atoms with Gasteiger partial charge < -0.3 is 9.47 Å². The number of aryl methyl sites for hydroxylation is 1. The molecule has 1 saturated heterocycles. The van der Waals surface area contributed by atoms with E-state index in [1.165, 1.54) is 6.08 Å². The lowest BCUT2D eigenvalue weighted by molar-refractivity contribution is -0.122. The molecule has 1 heterocycles. The van der Waals surface area contributed by atoms with Gasteiger partial charge in [0.15, 0.2) is 11.5 Å². The molecule has 0 radical (unpaired) electrons. The lowest BCUT2D eigenvalue weighted by Crippen LogP contribution is -2.54. The zero-order valence-electron chi connectivity index (χ0n) is 19.5. The molecule has 0 atom stereocenters. The Hall–Kier alpha value is -2.93. The van der Waals surface area contributed by atoms with Gasteiger partial charge in [0.05, 0.1) is 15.9 Å². The SMILES string of the molecule is CCOc1cc(/C=C2\C(=O)NC(=O)N(c3ccccc3C)C2=O)cc(I)c1OCc1ccc(I)cc1. The van der Waals surface area contributed by atoms with Gasteiger partial charge in [0.25, 0.3) is 11.8 Å². The first-order valence-electron chi connectivity index (χ1n) is 11.1. The molecular formula is C27H22I2N2O5. The summed E-state index contributed by atoms with van der Waals surface area (Å²) in [7, 11) is 0. The Morgan fingerprint density at radius 3 is 2.39 bits per heavy atom. The van der Waals surface area contributed by atoms with Gasteiger partial charge in [0.1, 0.15) is 12.2 Å². The van der Waals surface area contributed by atoms with Crippen LogP contribution in [0.15, 0.2) is 66.2 Å². The fourth-order valence-electron chi connectivity index (χ4n) is 3.67. The maximum absolute atomic E-state index is 13.3. The Balaban J connectivity index is 1.66. The zero-order chi connectivity index (χ0) is 25.8. The summed E-state index contributed by atoms with van der Waals surface area (Å²) in [6.45, 7) is 4.43. The minimum atomic E-state index is -0.777. The number of ether oxygens (including phenoxy) is 2. The minimum Gasteiger partial charge on any atom is -0.490 e. The van der Waals surface area contributed by atoms with Gasteiger partial charge in [-0.2, -0.15) is 0 Å². The van der Waals surface area contributed by atoms with Crippen LogP contribution in [0, 0.1) is 14.1 Å². The van der Waals surface area contributed by atoms with Crippen LogP contribution < -0.4 is 19.7 Å². The highest BCUT2D eigenvalue weighted by molar-refractivity contribution is 14.1. The van der Waals surface area contributed by atoms with Crippen LogP contribution in [0.1, 0.15) is 23.6 Å². The molecule has 36 heavy (non-hydrogen) atoms. The van der Waals surface area contributed by atoms with E-state index in [4.69, 9.17) is 9.47 Å². The van der Waals surface area contributed by atoms with E-state index >= 15 is 0 Å². The van der Waals surface area contributed by atoms with E-state index in [1.807, 2.05) is 37.3 Å². The number of barbiturate groups is 1. The number of anilines is 1. The fraction of sp³-hybridized carbons (Fsp3) is 0.148. The second kappa shape index (κ2) is 11.4. The Kier molecular flexibility index (Phi) is 8.29. The van der Waals surface area contributed by atoms with Gasteiger partial charge in [-0.1, -0.05) is 30.3 Å². The lowest BCUT2D eigenvalue weighted by atomic mass is 10.1. The number of urea groups is 1. The van der Waals surface area contributed by atoms with Crippen molar-refractivity contribution in [3.05, 3.63) is 90.1 Å². The summed E-state index contributed by atoms with van der Waals surface area (Å²) in [5.41, 5.74) is 2.59. The number of nitrogens with zero attached hydrogens (tertiary/aromatic N) is 1. The summed E-state index contributed by atoms with van der Waals surface area (Å²) in [6, 6.07) is 17.8. The molecule has 0 unspecified atom stereocenters. The van der Waals surface area contributed by atoms with Crippen molar-refractivity contribution in [2.45, 2.75) is 20.5 Å². The van der Waals surface area contributed by atoms with Crippen LogP contribution in [0.4, 0.5) is 10.5 Å². The van der Waals surface area contributed by atoms with E-state index in [9.17, 15) is 14.4 Å². The fourth-order valence-corrected chi connectivity index (χ4v) is 4.81. The number of hydrogen-bond donors (Lipinski definition) is 1. The third-order valence-electron chi connectivity index (χ3n) is 5.40. The zero-order valence-corrected chi connectivity index (χ0v) is 23.8. The molecule has 184 valence electrons. The quantitative estimate of drug-likeness (QED) is 0.189. The molecule has 9 heteroatoms. The van der Waals surface area contributed by atoms with Gasteiger partial charge >= 0.3 is 6.03 Å². The van der Waals surface area contributed by atoms with Crippen molar-refractivity contribution in [2.75, 3.05) is 11.5 Å². The Morgan fingerprint density at radius 1 is 0.972 bits per heavy atom. The van der Waals surface area contributed by atoms with Gasteiger partial charge in [-0.05, 0) is 112 Å². The van der Waals surface area contributed by atoms with Crippen molar-refractivity contribution in [3.63, 3.8) is 0 Å². The standard InChI is InChI=1S/C27H22I2N2O5/c1-3-35-23-14-18(13-21(29)24(23)36-15-17-8-10-19(28)11-9-17)12-20-25(32)30-27(34)31(26(20)33)22-7-5-4-6-16(22)2/h4-14H,3,15H2,1-2H3,(H,30,32,34)/b20-12+. The molecule has 1 aliphatic heterocycles. The van der Waals surface area contributed by atoms with Crippen LogP contribution in [0.3, 0.4) is 0 Å². The second-order valence-electron chi connectivity index (χ2n) is 7.92. The molecule has 0 saturated carbocycles. The highest BCUT2D eigenvalue weighted by Crippen LogP contribution is 2.36. The first-order chi connectivity index (χ1) is 17.3. The van der Waals surface area contributed by atoms with Gasteiger partial charge in [0, 0.05) is 3.57 Å². The van der Waals surface area contributed by atoms with Crippen molar-refractivity contribution < 1.29 is 23.9 Å². The molecule has 1 fully saturated rings. The highest BCUT2D eigenvalue weighted by Gasteiger charge is 2.37. The van der Waals surface area contributed by atoms with Crippen LogP contribution in [-0.2, 0) is 16.2 Å². The smallest absolute Gasteiger partial charge is 0.335 e. The number of carbonyl (C=O) groups is 3. The summed E-state index contributed by atoms with van der Waals surface area (Å²) in [6.07, 6.45) is 1.46. The van der Waals surface area contributed by atoms with Crippen LogP contribution >= 0.6 is 45.2 Å². The molecule has 7 nitrogen and oxygen atoms in total. The third-order valence-corrected chi connectivity index (χ3v) is 6.92. The molecule has 0 bridgehead atoms. The Morgan fingerprint density at radius 2 is 1.69 bits per heavy atom.